The number of nitrogens with zero attached hydrogens (tertiary/aromatic N) is 1. The van der Waals surface area contributed by atoms with E-state index in [1.165, 1.54) is 25.7 Å². The highest BCUT2D eigenvalue weighted by Crippen LogP contribution is 2.33. The number of amides is 1. The first-order chi connectivity index (χ1) is 10.7. The third kappa shape index (κ3) is 3.33. The number of hydrogen-bond donors (Lipinski definition) is 1. The minimum Gasteiger partial charge on any atom is -0.371 e. The first-order valence-corrected chi connectivity index (χ1v) is 8.45. The summed E-state index contributed by atoms with van der Waals surface area (Å²) in [4.78, 5) is 14.7. The zero-order chi connectivity index (χ0) is 15.4. The Kier molecular flexibility index (Phi) is 4.79. The minimum absolute atomic E-state index is 0.0956. The third-order valence-electron chi connectivity index (χ3n) is 4.99. The van der Waals surface area contributed by atoms with Gasteiger partial charge < -0.3 is 15.4 Å². The van der Waals surface area contributed by atoms with Crippen molar-refractivity contribution in [2.75, 3.05) is 19.7 Å². The van der Waals surface area contributed by atoms with Crippen LogP contribution in [0.5, 0.6) is 0 Å². The van der Waals surface area contributed by atoms with Crippen molar-refractivity contribution in [3.8, 4) is 0 Å². The summed E-state index contributed by atoms with van der Waals surface area (Å²) in [5, 5.41) is 0. The van der Waals surface area contributed by atoms with E-state index in [-0.39, 0.29) is 11.5 Å². The molecule has 3 rings (SSSR count). The molecular formula is C18H26N2O2. The summed E-state index contributed by atoms with van der Waals surface area (Å²) < 4.78 is 6.13. The van der Waals surface area contributed by atoms with Crippen LogP contribution in [-0.4, -0.2) is 36.1 Å². The second-order valence-corrected chi connectivity index (χ2v) is 6.57. The summed E-state index contributed by atoms with van der Waals surface area (Å²) in [7, 11) is 0. The third-order valence-corrected chi connectivity index (χ3v) is 4.99. The Morgan fingerprint density at radius 1 is 1.14 bits per heavy atom. The van der Waals surface area contributed by atoms with Crippen molar-refractivity contribution in [3.05, 3.63) is 35.4 Å². The molecule has 0 aromatic heterocycles. The summed E-state index contributed by atoms with van der Waals surface area (Å²) in [5.41, 5.74) is 7.33. The van der Waals surface area contributed by atoms with Gasteiger partial charge in [0.05, 0.1) is 18.8 Å². The molecule has 0 radical (unpaired) electrons. The van der Waals surface area contributed by atoms with E-state index in [0.717, 1.165) is 30.5 Å². The van der Waals surface area contributed by atoms with E-state index < -0.39 is 0 Å². The summed E-state index contributed by atoms with van der Waals surface area (Å²) in [6.45, 7) is 2.60. The second kappa shape index (κ2) is 6.80. The van der Waals surface area contributed by atoms with Gasteiger partial charge in [-0.25, -0.2) is 0 Å². The van der Waals surface area contributed by atoms with Gasteiger partial charge in [-0.05, 0) is 30.5 Å². The molecule has 2 aliphatic rings. The van der Waals surface area contributed by atoms with Gasteiger partial charge in [0.2, 0.25) is 0 Å². The number of carbonyl (C=O) groups excluding carboxylic acids is 1. The SMILES string of the molecule is NCc1ccc(C(=O)N2CCOC3(CCCCCC3)C2)cc1. The molecule has 1 saturated carbocycles. The number of hydrogen-bond acceptors (Lipinski definition) is 3. The van der Waals surface area contributed by atoms with Crippen molar-refractivity contribution >= 4 is 5.91 Å². The number of benzene rings is 1. The molecule has 1 aromatic carbocycles. The standard InChI is InChI=1S/C18H26N2O2/c19-13-15-5-7-16(8-6-15)17(21)20-11-12-22-18(14-20)9-3-1-2-4-10-18/h5-8H,1-4,9-14,19H2. The monoisotopic (exact) mass is 302 g/mol. The molecule has 0 atom stereocenters. The highest BCUT2D eigenvalue weighted by molar-refractivity contribution is 5.94. The maximum Gasteiger partial charge on any atom is 0.254 e. The molecule has 0 bridgehead atoms. The lowest BCUT2D eigenvalue weighted by Crippen LogP contribution is -2.53. The average molecular weight is 302 g/mol. The van der Waals surface area contributed by atoms with Crippen LogP contribution >= 0.6 is 0 Å². The van der Waals surface area contributed by atoms with Gasteiger partial charge in [-0.3, -0.25) is 4.79 Å². The van der Waals surface area contributed by atoms with Gasteiger partial charge in [-0.1, -0.05) is 37.8 Å². The Bertz CT molecular complexity index is 504. The fourth-order valence-electron chi connectivity index (χ4n) is 3.66. The Morgan fingerprint density at radius 3 is 2.45 bits per heavy atom. The van der Waals surface area contributed by atoms with Crippen LogP contribution < -0.4 is 5.73 Å². The average Bonchev–Trinajstić information content (AvgIpc) is 2.80. The van der Waals surface area contributed by atoms with Gasteiger partial charge in [0.25, 0.3) is 5.91 Å². The van der Waals surface area contributed by atoms with E-state index in [0.29, 0.717) is 19.7 Å². The molecule has 1 spiro atoms. The highest BCUT2D eigenvalue weighted by Gasteiger charge is 2.38. The molecule has 1 aliphatic heterocycles. The van der Waals surface area contributed by atoms with Crippen molar-refractivity contribution in [3.63, 3.8) is 0 Å². The lowest BCUT2D eigenvalue weighted by Gasteiger charge is -2.42. The van der Waals surface area contributed by atoms with Gasteiger partial charge in [0.15, 0.2) is 0 Å². The Morgan fingerprint density at radius 2 is 1.82 bits per heavy atom. The highest BCUT2D eigenvalue weighted by atomic mass is 16.5. The number of morpholine rings is 1. The molecule has 120 valence electrons. The molecule has 4 heteroatoms. The van der Waals surface area contributed by atoms with Crippen LogP contribution in [0, 0.1) is 0 Å². The first kappa shape index (κ1) is 15.5. The van der Waals surface area contributed by atoms with E-state index in [1.54, 1.807) is 0 Å². The van der Waals surface area contributed by atoms with Crippen LogP contribution in [0.2, 0.25) is 0 Å². The minimum atomic E-state index is -0.0956. The maximum absolute atomic E-state index is 12.8. The van der Waals surface area contributed by atoms with Crippen LogP contribution in [0.25, 0.3) is 0 Å². The van der Waals surface area contributed by atoms with E-state index >= 15 is 0 Å². The molecule has 4 nitrogen and oxygen atoms in total. The molecule has 2 N–H and O–H groups in total. The van der Waals surface area contributed by atoms with Crippen LogP contribution in [-0.2, 0) is 11.3 Å². The molecule has 22 heavy (non-hydrogen) atoms. The van der Waals surface area contributed by atoms with Crippen LogP contribution in [0.3, 0.4) is 0 Å². The van der Waals surface area contributed by atoms with Gasteiger partial charge in [-0.2, -0.15) is 0 Å². The molecular weight excluding hydrogens is 276 g/mol. The van der Waals surface area contributed by atoms with Crippen molar-refractivity contribution in [2.24, 2.45) is 5.73 Å². The van der Waals surface area contributed by atoms with Crippen molar-refractivity contribution in [2.45, 2.75) is 50.7 Å². The van der Waals surface area contributed by atoms with Gasteiger partial charge >= 0.3 is 0 Å². The molecule has 1 amide bonds. The summed E-state index contributed by atoms with van der Waals surface area (Å²) in [5.74, 6) is 0.121. The summed E-state index contributed by atoms with van der Waals surface area (Å²) in [6, 6.07) is 7.66. The molecule has 1 heterocycles. The number of ether oxygens (including phenoxy) is 1. The number of carbonyl (C=O) groups is 1. The lowest BCUT2D eigenvalue weighted by atomic mass is 9.92. The first-order valence-electron chi connectivity index (χ1n) is 8.45. The second-order valence-electron chi connectivity index (χ2n) is 6.57. The fourth-order valence-corrected chi connectivity index (χ4v) is 3.66. The van der Waals surface area contributed by atoms with E-state index in [2.05, 4.69) is 0 Å². The van der Waals surface area contributed by atoms with Gasteiger partial charge in [0.1, 0.15) is 0 Å². The Hall–Kier alpha value is -1.39. The predicted octanol–water partition coefficient (Wildman–Crippen LogP) is 2.71. The zero-order valence-corrected chi connectivity index (χ0v) is 13.2. The van der Waals surface area contributed by atoms with E-state index in [4.69, 9.17) is 10.5 Å². The maximum atomic E-state index is 12.8. The number of nitrogens with two attached hydrogens (primary N) is 1. The van der Waals surface area contributed by atoms with Crippen molar-refractivity contribution in [1.29, 1.82) is 0 Å². The molecule has 1 saturated heterocycles. The van der Waals surface area contributed by atoms with E-state index in [1.807, 2.05) is 29.2 Å². The largest absolute Gasteiger partial charge is 0.371 e. The predicted molar refractivity (Wildman–Crippen MR) is 86.6 cm³/mol. The number of rotatable bonds is 2. The van der Waals surface area contributed by atoms with Gasteiger partial charge in [0, 0.05) is 18.7 Å². The van der Waals surface area contributed by atoms with Crippen LogP contribution in [0.1, 0.15) is 54.4 Å². The fraction of sp³-hybridized carbons (Fsp3) is 0.611. The zero-order valence-electron chi connectivity index (χ0n) is 13.2. The molecule has 0 unspecified atom stereocenters. The van der Waals surface area contributed by atoms with E-state index in [9.17, 15) is 4.79 Å². The quantitative estimate of drug-likeness (QED) is 0.914. The Balaban J connectivity index is 1.71. The van der Waals surface area contributed by atoms with Crippen LogP contribution in [0.4, 0.5) is 0 Å². The van der Waals surface area contributed by atoms with Gasteiger partial charge in [-0.15, -0.1) is 0 Å². The topological polar surface area (TPSA) is 55.6 Å². The normalized spacial score (nSPS) is 21.6. The summed E-state index contributed by atoms with van der Waals surface area (Å²) in [6.07, 6.45) is 7.19. The molecule has 1 aliphatic carbocycles. The lowest BCUT2D eigenvalue weighted by molar-refractivity contribution is -0.107. The van der Waals surface area contributed by atoms with Crippen LogP contribution in [0.15, 0.2) is 24.3 Å². The summed E-state index contributed by atoms with van der Waals surface area (Å²) >= 11 is 0. The van der Waals surface area contributed by atoms with Crippen molar-refractivity contribution in [1.82, 2.24) is 4.90 Å². The Labute approximate surface area is 132 Å². The molecule has 2 fully saturated rings. The van der Waals surface area contributed by atoms with Crippen molar-refractivity contribution < 1.29 is 9.53 Å². The molecule has 1 aromatic rings. The smallest absolute Gasteiger partial charge is 0.254 e.